The third kappa shape index (κ3) is 3.37. The highest BCUT2D eigenvalue weighted by molar-refractivity contribution is 5.88. The molecule has 0 amide bonds. The van der Waals surface area contributed by atoms with E-state index in [4.69, 9.17) is 5.11 Å². The number of nitrogens with zero attached hydrogens (tertiary/aromatic N) is 2. The van der Waals surface area contributed by atoms with Gasteiger partial charge in [0.2, 0.25) is 0 Å². The monoisotopic (exact) mass is 309 g/mol. The second-order valence-corrected chi connectivity index (χ2v) is 5.23. The van der Waals surface area contributed by atoms with Crippen LogP contribution in [0, 0.1) is 0 Å². The van der Waals surface area contributed by atoms with Crippen molar-refractivity contribution in [3.8, 4) is 0 Å². The quantitative estimate of drug-likeness (QED) is 0.753. The number of rotatable bonds is 5. The summed E-state index contributed by atoms with van der Waals surface area (Å²) in [7, 11) is 0. The number of H-pyrrole nitrogens is 1. The fourth-order valence-corrected chi connectivity index (χ4v) is 2.39. The maximum Gasteiger partial charge on any atom is 0.339 e. The van der Waals surface area contributed by atoms with E-state index in [2.05, 4.69) is 10.2 Å². The SMILES string of the molecule is O=C(O)c1cn[nH]c1Cc1ccc(Cn2ccccc2=O)cc1. The smallest absolute Gasteiger partial charge is 0.339 e. The zero-order valence-electron chi connectivity index (χ0n) is 12.3. The first kappa shape index (κ1) is 14.8. The Kier molecular flexibility index (Phi) is 4.05. The van der Waals surface area contributed by atoms with E-state index in [-0.39, 0.29) is 11.1 Å². The molecule has 2 aromatic heterocycles. The number of carboxylic acids is 1. The van der Waals surface area contributed by atoms with Gasteiger partial charge in [-0.2, -0.15) is 5.10 Å². The lowest BCUT2D eigenvalue weighted by Gasteiger charge is -2.06. The first-order valence-electron chi connectivity index (χ1n) is 7.12. The highest BCUT2D eigenvalue weighted by Gasteiger charge is 2.12. The van der Waals surface area contributed by atoms with Crippen LogP contribution in [-0.4, -0.2) is 25.8 Å². The van der Waals surface area contributed by atoms with Crippen molar-refractivity contribution in [2.75, 3.05) is 0 Å². The van der Waals surface area contributed by atoms with Crippen molar-refractivity contribution in [1.29, 1.82) is 0 Å². The molecule has 3 aromatic rings. The molecule has 0 saturated heterocycles. The van der Waals surface area contributed by atoms with Crippen molar-refractivity contribution in [1.82, 2.24) is 14.8 Å². The lowest BCUT2D eigenvalue weighted by atomic mass is 10.1. The number of carboxylic acid groups (broad SMARTS) is 1. The summed E-state index contributed by atoms with van der Waals surface area (Å²) in [6, 6.07) is 12.8. The number of hydrogen-bond donors (Lipinski definition) is 2. The first-order chi connectivity index (χ1) is 11.1. The molecule has 0 fully saturated rings. The second-order valence-electron chi connectivity index (χ2n) is 5.23. The molecule has 1 aromatic carbocycles. The summed E-state index contributed by atoms with van der Waals surface area (Å²) in [4.78, 5) is 22.8. The van der Waals surface area contributed by atoms with Crippen LogP contribution in [-0.2, 0) is 13.0 Å². The molecule has 0 saturated carbocycles. The summed E-state index contributed by atoms with van der Waals surface area (Å²) in [6.45, 7) is 0.504. The molecule has 0 aliphatic rings. The Morgan fingerprint density at radius 2 is 1.87 bits per heavy atom. The summed E-state index contributed by atoms with van der Waals surface area (Å²) in [5, 5.41) is 15.6. The number of aromatic carboxylic acids is 1. The lowest BCUT2D eigenvalue weighted by Crippen LogP contribution is -2.18. The Morgan fingerprint density at radius 3 is 2.57 bits per heavy atom. The molecule has 0 radical (unpaired) electrons. The fraction of sp³-hybridized carbons (Fsp3) is 0.118. The van der Waals surface area contributed by atoms with Crippen LogP contribution in [0.5, 0.6) is 0 Å². The third-order valence-corrected chi connectivity index (χ3v) is 3.60. The van der Waals surface area contributed by atoms with Gasteiger partial charge in [-0.15, -0.1) is 0 Å². The summed E-state index contributed by atoms with van der Waals surface area (Å²) < 4.78 is 1.63. The molecule has 0 aliphatic heterocycles. The van der Waals surface area contributed by atoms with E-state index in [0.717, 1.165) is 11.1 Å². The lowest BCUT2D eigenvalue weighted by molar-refractivity contribution is 0.0696. The van der Waals surface area contributed by atoms with Gasteiger partial charge < -0.3 is 9.67 Å². The molecule has 0 aliphatic carbocycles. The molecular formula is C17H15N3O3. The molecule has 0 spiro atoms. The zero-order chi connectivity index (χ0) is 16.2. The Labute approximate surface area is 132 Å². The Balaban J connectivity index is 1.75. The van der Waals surface area contributed by atoms with Crippen LogP contribution in [0.3, 0.4) is 0 Å². The minimum Gasteiger partial charge on any atom is -0.478 e. The van der Waals surface area contributed by atoms with Gasteiger partial charge in [0.1, 0.15) is 5.56 Å². The number of benzene rings is 1. The number of pyridine rings is 1. The minimum atomic E-state index is -0.992. The van der Waals surface area contributed by atoms with E-state index >= 15 is 0 Å². The highest BCUT2D eigenvalue weighted by atomic mass is 16.4. The van der Waals surface area contributed by atoms with Gasteiger partial charge in [0.25, 0.3) is 5.56 Å². The van der Waals surface area contributed by atoms with Crippen molar-refractivity contribution in [3.05, 3.63) is 87.6 Å². The molecule has 0 atom stereocenters. The van der Waals surface area contributed by atoms with E-state index in [1.54, 1.807) is 16.8 Å². The van der Waals surface area contributed by atoms with Crippen LogP contribution in [0.25, 0.3) is 0 Å². The number of aromatic amines is 1. The van der Waals surface area contributed by atoms with Gasteiger partial charge in [-0.1, -0.05) is 30.3 Å². The van der Waals surface area contributed by atoms with Gasteiger partial charge in [0, 0.05) is 18.7 Å². The van der Waals surface area contributed by atoms with E-state index in [9.17, 15) is 9.59 Å². The number of hydrogen-bond acceptors (Lipinski definition) is 3. The maximum absolute atomic E-state index is 11.7. The molecule has 3 rings (SSSR count). The van der Waals surface area contributed by atoms with Crippen LogP contribution in [0.15, 0.2) is 59.7 Å². The highest BCUT2D eigenvalue weighted by Crippen LogP contribution is 2.13. The zero-order valence-corrected chi connectivity index (χ0v) is 12.3. The summed E-state index contributed by atoms with van der Waals surface area (Å²) >= 11 is 0. The topological polar surface area (TPSA) is 88.0 Å². The minimum absolute atomic E-state index is 0.0415. The molecule has 6 nitrogen and oxygen atoms in total. The van der Waals surface area contributed by atoms with Gasteiger partial charge in [0.05, 0.1) is 18.4 Å². The van der Waals surface area contributed by atoms with Crippen LogP contribution in [0.4, 0.5) is 0 Å². The molecule has 2 N–H and O–H groups in total. The average Bonchev–Trinajstić information content (AvgIpc) is 3.00. The normalized spacial score (nSPS) is 10.6. The molecule has 0 unspecified atom stereocenters. The molecular weight excluding hydrogens is 294 g/mol. The molecule has 2 heterocycles. The Hall–Kier alpha value is -3.15. The first-order valence-corrected chi connectivity index (χ1v) is 7.12. The van der Waals surface area contributed by atoms with Crippen molar-refractivity contribution in [3.63, 3.8) is 0 Å². The van der Waals surface area contributed by atoms with Crippen molar-refractivity contribution in [2.24, 2.45) is 0 Å². The largest absolute Gasteiger partial charge is 0.478 e. The summed E-state index contributed by atoms with van der Waals surface area (Å²) in [5.41, 5.74) is 2.70. The molecule has 116 valence electrons. The second kappa shape index (κ2) is 6.31. The van der Waals surface area contributed by atoms with Crippen LogP contribution in [0.1, 0.15) is 27.2 Å². The summed E-state index contributed by atoms with van der Waals surface area (Å²) in [5.74, 6) is -0.992. The molecule has 6 heteroatoms. The molecule has 23 heavy (non-hydrogen) atoms. The summed E-state index contributed by atoms with van der Waals surface area (Å²) in [6.07, 6.45) is 3.53. The van der Waals surface area contributed by atoms with Crippen molar-refractivity contribution >= 4 is 5.97 Å². The molecule has 0 bridgehead atoms. The predicted octanol–water partition coefficient (Wildman–Crippen LogP) is 1.91. The van der Waals surface area contributed by atoms with Gasteiger partial charge in [-0.05, 0) is 17.2 Å². The predicted molar refractivity (Wildman–Crippen MR) is 84.6 cm³/mol. The van der Waals surface area contributed by atoms with Gasteiger partial charge in [-0.25, -0.2) is 4.79 Å². The van der Waals surface area contributed by atoms with Gasteiger partial charge in [-0.3, -0.25) is 9.89 Å². The van der Waals surface area contributed by atoms with E-state index in [0.29, 0.717) is 18.7 Å². The van der Waals surface area contributed by atoms with Crippen molar-refractivity contribution < 1.29 is 9.90 Å². The van der Waals surface area contributed by atoms with Gasteiger partial charge in [0.15, 0.2) is 0 Å². The number of nitrogens with one attached hydrogen (secondary N) is 1. The maximum atomic E-state index is 11.7. The van der Waals surface area contributed by atoms with E-state index < -0.39 is 5.97 Å². The standard InChI is InChI=1S/C17H15N3O3/c21-16-3-1-2-8-20(16)11-13-6-4-12(5-7-13)9-15-14(17(22)23)10-18-19-15/h1-8,10H,9,11H2,(H,18,19)(H,22,23). The average molecular weight is 309 g/mol. The Bertz CT molecular complexity index is 878. The van der Waals surface area contributed by atoms with E-state index in [1.165, 1.54) is 12.3 Å². The number of carbonyl (C=O) groups is 1. The fourth-order valence-electron chi connectivity index (χ4n) is 2.39. The number of aromatic nitrogens is 3. The van der Waals surface area contributed by atoms with Gasteiger partial charge >= 0.3 is 5.97 Å². The van der Waals surface area contributed by atoms with Crippen LogP contribution >= 0.6 is 0 Å². The van der Waals surface area contributed by atoms with Crippen molar-refractivity contribution in [2.45, 2.75) is 13.0 Å². The third-order valence-electron chi connectivity index (χ3n) is 3.60. The van der Waals surface area contributed by atoms with Crippen LogP contribution in [0.2, 0.25) is 0 Å². The Morgan fingerprint density at radius 1 is 1.13 bits per heavy atom. The van der Waals surface area contributed by atoms with E-state index in [1.807, 2.05) is 30.3 Å². The van der Waals surface area contributed by atoms with Crippen LogP contribution < -0.4 is 5.56 Å².